The first kappa shape index (κ1) is 13.2. The van der Waals surface area contributed by atoms with Gasteiger partial charge in [0.2, 0.25) is 0 Å². The topological polar surface area (TPSA) is 46.2 Å². The minimum Gasteiger partial charge on any atom is -0.207 e. The smallest absolute Gasteiger partial charge is 0.207 e. The predicted molar refractivity (Wildman–Crippen MR) is 46.9 cm³/mol. The van der Waals surface area contributed by atoms with Crippen LogP contribution in [0.2, 0.25) is 0 Å². The summed E-state index contributed by atoms with van der Waals surface area (Å²) in [7, 11) is -5.23. The van der Waals surface area contributed by atoms with Gasteiger partial charge in [-0.25, -0.2) is 13.1 Å². The van der Waals surface area contributed by atoms with Gasteiger partial charge in [-0.05, 0) is 6.42 Å². The molecule has 7 heteroatoms. The zero-order valence-corrected chi connectivity index (χ0v) is 8.08. The summed E-state index contributed by atoms with van der Waals surface area (Å²) in [5.74, 6) is 0. The highest BCUT2D eigenvalue weighted by molar-refractivity contribution is 7.90. The second-order valence-electron chi connectivity index (χ2n) is 2.46. The van der Waals surface area contributed by atoms with E-state index in [0.717, 1.165) is 0 Å². The second kappa shape index (κ2) is 4.61. The van der Waals surface area contributed by atoms with Crippen molar-refractivity contribution in [3.05, 3.63) is 24.8 Å². The van der Waals surface area contributed by atoms with Crippen LogP contribution in [0.25, 0.3) is 0 Å². The second-order valence-corrected chi connectivity index (χ2v) is 4.21. The Morgan fingerprint density at radius 1 is 1.43 bits per heavy atom. The molecule has 0 aromatic heterocycles. The van der Waals surface area contributed by atoms with Crippen molar-refractivity contribution < 1.29 is 21.6 Å². The summed E-state index contributed by atoms with van der Waals surface area (Å²) in [4.78, 5) is 0. The molecule has 1 N–H and O–H groups in total. The molecular formula is C7H10F3NO2S. The summed E-state index contributed by atoms with van der Waals surface area (Å²) in [5.41, 5.74) is -4.79. The van der Waals surface area contributed by atoms with Gasteiger partial charge in [0.15, 0.2) is 0 Å². The minimum atomic E-state index is -5.26. The summed E-state index contributed by atoms with van der Waals surface area (Å²) in [5, 5.41) is 0. The molecule has 0 aliphatic carbocycles. The van der Waals surface area contributed by atoms with Crippen molar-refractivity contribution in [2.45, 2.75) is 11.9 Å². The Morgan fingerprint density at radius 3 is 2.29 bits per heavy atom. The molecule has 0 aromatic rings. The molecule has 3 nitrogen and oxygen atoms in total. The molecule has 0 aliphatic rings. The van der Waals surface area contributed by atoms with Crippen molar-refractivity contribution in [3.8, 4) is 0 Å². The van der Waals surface area contributed by atoms with Gasteiger partial charge in [0.1, 0.15) is 0 Å². The van der Waals surface area contributed by atoms with Gasteiger partial charge in [-0.3, -0.25) is 0 Å². The summed E-state index contributed by atoms with van der Waals surface area (Å²) in [6.45, 7) is 6.41. The first-order valence-electron chi connectivity index (χ1n) is 3.57. The van der Waals surface area contributed by atoms with E-state index < -0.39 is 15.5 Å². The number of hydrogen-bond acceptors (Lipinski definition) is 2. The Hall–Kier alpha value is -0.820. The van der Waals surface area contributed by atoms with Crippen LogP contribution in [0, 0.1) is 0 Å². The molecule has 0 fully saturated rings. The molecule has 0 spiro atoms. The van der Waals surface area contributed by atoms with E-state index in [2.05, 4.69) is 13.2 Å². The largest absolute Gasteiger partial charge is 0.511 e. The van der Waals surface area contributed by atoms with E-state index in [0.29, 0.717) is 5.57 Å². The van der Waals surface area contributed by atoms with Gasteiger partial charge in [-0.2, -0.15) is 13.2 Å². The zero-order valence-electron chi connectivity index (χ0n) is 7.26. The number of halogens is 3. The van der Waals surface area contributed by atoms with E-state index >= 15 is 0 Å². The summed E-state index contributed by atoms with van der Waals surface area (Å²) < 4.78 is 57.5. The van der Waals surface area contributed by atoms with Gasteiger partial charge < -0.3 is 0 Å². The predicted octanol–water partition coefficient (Wildman–Crippen LogP) is 1.56. The molecule has 14 heavy (non-hydrogen) atoms. The molecule has 0 atom stereocenters. The van der Waals surface area contributed by atoms with E-state index in [1.807, 2.05) is 0 Å². The molecule has 0 amide bonds. The summed E-state index contributed by atoms with van der Waals surface area (Å²) in [6.07, 6.45) is 1.45. The minimum absolute atomic E-state index is 0.0960. The molecule has 0 radical (unpaired) electrons. The molecule has 0 aliphatic heterocycles. The van der Waals surface area contributed by atoms with E-state index in [1.165, 1.54) is 10.8 Å². The van der Waals surface area contributed by atoms with Crippen molar-refractivity contribution in [3.63, 3.8) is 0 Å². The Labute approximate surface area is 80.4 Å². The van der Waals surface area contributed by atoms with E-state index in [-0.39, 0.29) is 13.0 Å². The van der Waals surface area contributed by atoms with Crippen LogP contribution in [0.4, 0.5) is 13.2 Å². The van der Waals surface area contributed by atoms with Crippen LogP contribution in [-0.4, -0.2) is 20.5 Å². The van der Waals surface area contributed by atoms with Crippen LogP contribution < -0.4 is 4.72 Å². The molecule has 0 heterocycles. The molecular weight excluding hydrogens is 219 g/mol. The third-order valence-electron chi connectivity index (χ3n) is 1.33. The van der Waals surface area contributed by atoms with E-state index in [1.54, 1.807) is 0 Å². The summed E-state index contributed by atoms with van der Waals surface area (Å²) in [6, 6.07) is 0. The highest BCUT2D eigenvalue weighted by Gasteiger charge is 2.45. The van der Waals surface area contributed by atoms with Gasteiger partial charge >= 0.3 is 15.5 Å². The third-order valence-corrected chi connectivity index (χ3v) is 2.53. The quantitative estimate of drug-likeness (QED) is 0.727. The molecule has 0 bridgehead atoms. The van der Waals surface area contributed by atoms with Gasteiger partial charge in [-0.15, -0.1) is 0 Å². The molecule has 0 unspecified atom stereocenters. The van der Waals surface area contributed by atoms with E-state index in [9.17, 15) is 21.6 Å². The maximum absolute atomic E-state index is 11.7. The lowest BCUT2D eigenvalue weighted by Gasteiger charge is -2.08. The average Bonchev–Trinajstić information content (AvgIpc) is 2.01. The highest BCUT2D eigenvalue weighted by atomic mass is 32.2. The van der Waals surface area contributed by atoms with Crippen LogP contribution in [0.15, 0.2) is 24.8 Å². The number of rotatable bonds is 5. The van der Waals surface area contributed by atoms with E-state index in [4.69, 9.17) is 0 Å². The van der Waals surface area contributed by atoms with Crippen LogP contribution in [0.3, 0.4) is 0 Å². The van der Waals surface area contributed by atoms with Crippen LogP contribution >= 0.6 is 0 Å². The highest BCUT2D eigenvalue weighted by Crippen LogP contribution is 2.21. The van der Waals surface area contributed by atoms with Crippen molar-refractivity contribution in [2.75, 3.05) is 6.54 Å². The molecule has 0 saturated heterocycles. The van der Waals surface area contributed by atoms with Crippen molar-refractivity contribution in [1.82, 2.24) is 4.72 Å². The lowest BCUT2D eigenvalue weighted by molar-refractivity contribution is -0.0447. The van der Waals surface area contributed by atoms with Crippen molar-refractivity contribution in [2.24, 2.45) is 0 Å². The van der Waals surface area contributed by atoms with Crippen LogP contribution in [0.1, 0.15) is 6.42 Å². The normalized spacial score (nSPS) is 12.5. The Balaban J connectivity index is 4.16. The van der Waals surface area contributed by atoms with Crippen molar-refractivity contribution >= 4 is 10.0 Å². The molecule has 0 aromatic carbocycles. The fourth-order valence-electron chi connectivity index (χ4n) is 0.530. The lowest BCUT2D eigenvalue weighted by Crippen LogP contribution is -2.36. The Bertz CT molecular complexity index is 318. The fourth-order valence-corrected chi connectivity index (χ4v) is 1.06. The van der Waals surface area contributed by atoms with Crippen molar-refractivity contribution in [1.29, 1.82) is 0 Å². The SMILES string of the molecule is C=CC(=C)CCNS(=O)(=O)C(F)(F)F. The van der Waals surface area contributed by atoms with Gasteiger partial charge in [0.05, 0.1) is 0 Å². The molecule has 0 saturated carbocycles. The Kier molecular flexibility index (Phi) is 4.34. The van der Waals surface area contributed by atoms with Crippen LogP contribution in [0.5, 0.6) is 0 Å². The standard InChI is InChI=1S/C7H10F3NO2S/c1-3-6(2)4-5-11-14(12,13)7(8,9)10/h3,11H,1-2,4-5H2. The monoisotopic (exact) mass is 229 g/mol. The fraction of sp³-hybridized carbons (Fsp3) is 0.429. The lowest BCUT2D eigenvalue weighted by atomic mass is 10.2. The molecule has 82 valence electrons. The number of alkyl halides is 3. The number of nitrogens with one attached hydrogen (secondary N) is 1. The first-order valence-corrected chi connectivity index (χ1v) is 5.05. The number of allylic oxidation sites excluding steroid dienone is 1. The average molecular weight is 229 g/mol. The summed E-state index contributed by atoms with van der Waals surface area (Å²) >= 11 is 0. The maximum Gasteiger partial charge on any atom is 0.511 e. The Morgan fingerprint density at radius 2 is 1.93 bits per heavy atom. The number of hydrogen-bond donors (Lipinski definition) is 1. The van der Waals surface area contributed by atoms with Crippen LogP contribution in [-0.2, 0) is 10.0 Å². The van der Waals surface area contributed by atoms with Gasteiger partial charge in [-0.1, -0.05) is 24.8 Å². The zero-order chi connectivity index (χ0) is 11.4. The number of sulfonamides is 1. The maximum atomic E-state index is 11.7. The third kappa shape index (κ3) is 3.93. The first-order chi connectivity index (χ1) is 6.20. The van der Waals surface area contributed by atoms with Gasteiger partial charge in [0, 0.05) is 6.54 Å². The van der Waals surface area contributed by atoms with Gasteiger partial charge in [0.25, 0.3) is 0 Å². The molecule has 0 rings (SSSR count).